The number of halogens is 4. The second-order valence-corrected chi connectivity index (χ2v) is 4.76. The van der Waals surface area contributed by atoms with Gasteiger partial charge in [-0.3, -0.25) is 5.41 Å². The number of anilines is 1. The third kappa shape index (κ3) is 3.28. The van der Waals surface area contributed by atoms with E-state index in [1.165, 1.54) is 12.3 Å². The number of aromatic nitrogens is 1. The molecule has 0 bridgehead atoms. The normalized spacial score (nSPS) is 15.4. The second kappa shape index (κ2) is 4.88. The van der Waals surface area contributed by atoms with Crippen molar-refractivity contribution in [2.24, 2.45) is 5.73 Å². The third-order valence-electron chi connectivity index (χ3n) is 2.77. The minimum absolute atomic E-state index is 0.00819. The number of nitrogen functional groups attached to an aromatic ring is 1. The third-order valence-corrected chi connectivity index (χ3v) is 3.14. The summed E-state index contributed by atoms with van der Waals surface area (Å²) in [6.07, 6.45) is -1.67. The van der Waals surface area contributed by atoms with Crippen LogP contribution in [0.1, 0.15) is 18.4 Å². The summed E-state index contributed by atoms with van der Waals surface area (Å²) in [5.74, 6) is -0.259. The number of hydrogen-bond acceptors (Lipinski definition) is 3. The first-order chi connectivity index (χ1) is 8.79. The summed E-state index contributed by atoms with van der Waals surface area (Å²) in [5, 5.41) is 7.33. The van der Waals surface area contributed by atoms with Gasteiger partial charge in [-0.25, -0.2) is 4.98 Å². The lowest BCUT2D eigenvalue weighted by molar-refractivity contribution is -0.120. The van der Waals surface area contributed by atoms with Gasteiger partial charge in [-0.2, -0.15) is 13.2 Å². The maximum Gasteiger partial charge on any atom is 0.405 e. The van der Waals surface area contributed by atoms with Crippen LogP contribution in [0.4, 0.5) is 19.0 Å². The summed E-state index contributed by atoms with van der Waals surface area (Å²) in [6.45, 7) is -1.11. The van der Waals surface area contributed by atoms with E-state index in [0.29, 0.717) is 12.8 Å². The van der Waals surface area contributed by atoms with Gasteiger partial charge < -0.3 is 10.6 Å². The molecule has 4 nitrogen and oxygen atoms in total. The van der Waals surface area contributed by atoms with E-state index in [9.17, 15) is 13.2 Å². The molecule has 1 aliphatic carbocycles. The Hall–Kier alpha value is -1.50. The molecule has 0 spiro atoms. The molecule has 0 amide bonds. The first-order valence-electron chi connectivity index (χ1n) is 5.62. The maximum absolute atomic E-state index is 12.6. The summed E-state index contributed by atoms with van der Waals surface area (Å²) < 4.78 is 37.8. The molecule has 104 valence electrons. The minimum atomic E-state index is -4.33. The number of amidine groups is 1. The van der Waals surface area contributed by atoms with E-state index >= 15 is 0 Å². The van der Waals surface area contributed by atoms with E-state index in [4.69, 9.17) is 22.7 Å². The van der Waals surface area contributed by atoms with Crippen LogP contribution >= 0.6 is 11.6 Å². The van der Waals surface area contributed by atoms with Gasteiger partial charge in [0.25, 0.3) is 0 Å². The Labute approximate surface area is 112 Å². The molecule has 0 unspecified atom stereocenters. The Bertz CT molecular complexity index is 499. The van der Waals surface area contributed by atoms with E-state index in [0.717, 1.165) is 4.90 Å². The molecule has 0 aromatic carbocycles. The molecule has 1 aromatic rings. The van der Waals surface area contributed by atoms with Crippen LogP contribution in [0.5, 0.6) is 0 Å². The molecule has 0 saturated heterocycles. The Morgan fingerprint density at radius 1 is 1.53 bits per heavy atom. The van der Waals surface area contributed by atoms with Gasteiger partial charge in [0.05, 0.1) is 5.02 Å². The van der Waals surface area contributed by atoms with Crippen LogP contribution in [0.25, 0.3) is 0 Å². The van der Waals surface area contributed by atoms with E-state index in [1.54, 1.807) is 0 Å². The van der Waals surface area contributed by atoms with Crippen LogP contribution in [0.15, 0.2) is 12.3 Å². The van der Waals surface area contributed by atoms with Gasteiger partial charge in [-0.1, -0.05) is 11.6 Å². The molecule has 1 fully saturated rings. The fraction of sp³-hybridized carbons (Fsp3) is 0.455. The second-order valence-electron chi connectivity index (χ2n) is 4.38. The number of pyridine rings is 1. The molecule has 3 N–H and O–H groups in total. The number of hydrogen-bond donors (Lipinski definition) is 2. The minimum Gasteiger partial charge on any atom is -0.384 e. The highest BCUT2D eigenvalue weighted by atomic mass is 35.5. The summed E-state index contributed by atoms with van der Waals surface area (Å²) in [6, 6.07) is 1.21. The summed E-state index contributed by atoms with van der Waals surface area (Å²) in [4.78, 5) is 5.04. The van der Waals surface area contributed by atoms with E-state index < -0.39 is 12.7 Å². The van der Waals surface area contributed by atoms with Crippen molar-refractivity contribution in [3.05, 3.63) is 22.8 Å². The number of nitrogens with one attached hydrogen (secondary N) is 1. The van der Waals surface area contributed by atoms with E-state index in [1.807, 2.05) is 0 Å². The molecule has 8 heteroatoms. The quantitative estimate of drug-likeness (QED) is 0.662. The molecule has 2 rings (SSSR count). The molecular weight excluding hydrogens is 281 g/mol. The smallest absolute Gasteiger partial charge is 0.384 e. The largest absolute Gasteiger partial charge is 0.405 e. The van der Waals surface area contributed by atoms with Gasteiger partial charge in [0.15, 0.2) is 0 Å². The molecule has 0 aliphatic heterocycles. The van der Waals surface area contributed by atoms with Gasteiger partial charge in [-0.15, -0.1) is 0 Å². The molecule has 1 aliphatic rings. The molecular formula is C11H12ClF3N4. The Morgan fingerprint density at radius 2 is 2.16 bits per heavy atom. The first-order valence-corrected chi connectivity index (χ1v) is 5.99. The van der Waals surface area contributed by atoms with Gasteiger partial charge in [0, 0.05) is 17.8 Å². The van der Waals surface area contributed by atoms with Crippen LogP contribution in [0.2, 0.25) is 5.02 Å². The summed E-state index contributed by atoms with van der Waals surface area (Å²) in [7, 11) is 0. The molecule has 1 heterocycles. The van der Waals surface area contributed by atoms with Crippen molar-refractivity contribution in [2.45, 2.75) is 25.1 Å². The van der Waals surface area contributed by atoms with Crippen LogP contribution in [0.3, 0.4) is 0 Å². The predicted molar refractivity (Wildman–Crippen MR) is 66.7 cm³/mol. The van der Waals surface area contributed by atoms with Crippen molar-refractivity contribution in [3.63, 3.8) is 0 Å². The van der Waals surface area contributed by atoms with Crippen LogP contribution in [-0.4, -0.2) is 29.6 Å². The monoisotopic (exact) mass is 292 g/mol. The van der Waals surface area contributed by atoms with Gasteiger partial charge in [-0.05, 0) is 18.9 Å². The Morgan fingerprint density at radius 3 is 2.63 bits per heavy atom. The molecule has 1 aromatic heterocycles. The van der Waals surface area contributed by atoms with E-state index in [-0.39, 0.29) is 28.3 Å². The number of alkyl halides is 3. The zero-order chi connectivity index (χ0) is 14.2. The lowest BCUT2D eigenvalue weighted by Crippen LogP contribution is -2.37. The Balaban J connectivity index is 2.37. The van der Waals surface area contributed by atoms with Crippen molar-refractivity contribution in [2.75, 3.05) is 11.4 Å². The lowest BCUT2D eigenvalue weighted by Gasteiger charge is -2.26. The zero-order valence-electron chi connectivity index (χ0n) is 9.84. The number of nitrogens with two attached hydrogens (primary N) is 1. The summed E-state index contributed by atoms with van der Waals surface area (Å²) in [5.41, 5.74) is 5.53. The Kier molecular flexibility index (Phi) is 3.58. The summed E-state index contributed by atoms with van der Waals surface area (Å²) >= 11 is 6.01. The molecule has 0 atom stereocenters. The zero-order valence-corrected chi connectivity index (χ0v) is 10.6. The molecule has 19 heavy (non-hydrogen) atoms. The van der Waals surface area contributed by atoms with Crippen molar-refractivity contribution >= 4 is 23.3 Å². The fourth-order valence-corrected chi connectivity index (χ4v) is 2.12. The average molecular weight is 293 g/mol. The van der Waals surface area contributed by atoms with Gasteiger partial charge in [0.2, 0.25) is 0 Å². The predicted octanol–water partition coefficient (Wildman–Crippen LogP) is 2.55. The lowest BCUT2D eigenvalue weighted by atomic mass is 10.2. The van der Waals surface area contributed by atoms with Crippen LogP contribution < -0.4 is 10.6 Å². The first kappa shape index (κ1) is 13.9. The average Bonchev–Trinajstić information content (AvgIpc) is 3.08. The maximum atomic E-state index is 12.6. The van der Waals surface area contributed by atoms with Crippen molar-refractivity contribution in [1.29, 1.82) is 5.41 Å². The number of rotatable bonds is 4. The van der Waals surface area contributed by atoms with Crippen molar-refractivity contribution in [1.82, 2.24) is 4.98 Å². The van der Waals surface area contributed by atoms with Crippen molar-refractivity contribution in [3.8, 4) is 0 Å². The van der Waals surface area contributed by atoms with Gasteiger partial charge >= 0.3 is 6.18 Å². The SMILES string of the molecule is N=C(N)c1ccnc(N(CC(F)(F)F)C2CC2)c1Cl. The standard InChI is InChI=1S/C11H12ClF3N4/c12-8-7(9(16)17)3-4-18-10(8)19(6-1-2-6)5-11(13,14)15/h3-4,6H,1-2,5H2,(H3,16,17). The highest BCUT2D eigenvalue weighted by Gasteiger charge is 2.39. The number of nitrogens with zero attached hydrogens (tertiary/aromatic N) is 2. The van der Waals surface area contributed by atoms with Gasteiger partial charge in [0.1, 0.15) is 18.2 Å². The van der Waals surface area contributed by atoms with E-state index in [2.05, 4.69) is 4.98 Å². The van der Waals surface area contributed by atoms with Crippen molar-refractivity contribution < 1.29 is 13.2 Å². The topological polar surface area (TPSA) is 66.0 Å². The molecule has 1 saturated carbocycles. The fourth-order valence-electron chi connectivity index (χ4n) is 1.80. The highest BCUT2D eigenvalue weighted by Crippen LogP contribution is 2.37. The van der Waals surface area contributed by atoms with Crippen LogP contribution in [0, 0.1) is 5.41 Å². The highest BCUT2D eigenvalue weighted by molar-refractivity contribution is 6.36. The molecule has 0 radical (unpaired) electrons. The van der Waals surface area contributed by atoms with Crippen LogP contribution in [-0.2, 0) is 0 Å².